The first-order valence-electron chi connectivity index (χ1n) is 38.6. The smallest absolute Gasteiger partial charge is 0.387 e. The van der Waals surface area contributed by atoms with Crippen LogP contribution < -0.4 is 5.32 Å². The Hall–Kier alpha value is -0.760. The standard InChI is InChI=1S/C76H153N2O6P/c1-6-8-10-12-14-16-18-20-22-24-26-28-30-31-32-33-34-35-36-37-38-39-40-41-42-43-44-45-46-48-50-52-54-56-58-60-62-64-66-68-70-76(80)77-74(73-84-85(81,82)83-72-71-78(3,4)5)75(79)69-67-65-63-61-59-57-55-53-51-49-47-29-27-25-23-21-19-17-15-13-11-9-7-2/h67,69,74-75,79H,6-66,68,70-73H2,1-5H3,(H-,77,80,81,82)/p+1/b69-67+. The highest BCUT2D eigenvalue weighted by Crippen LogP contribution is 2.43. The van der Waals surface area contributed by atoms with Gasteiger partial charge >= 0.3 is 7.82 Å². The summed E-state index contributed by atoms with van der Waals surface area (Å²) in [5.74, 6) is -0.166. The second-order valence-electron chi connectivity index (χ2n) is 28.1. The lowest BCUT2D eigenvalue weighted by atomic mass is 10.0. The van der Waals surface area contributed by atoms with Crippen LogP contribution in [0.4, 0.5) is 0 Å². The number of aliphatic hydroxyl groups is 1. The quantitative estimate of drug-likeness (QED) is 0.0243. The normalized spacial score (nSPS) is 13.5. The zero-order valence-electron chi connectivity index (χ0n) is 58.4. The highest BCUT2D eigenvalue weighted by atomic mass is 31.2. The van der Waals surface area contributed by atoms with Gasteiger partial charge in [0.15, 0.2) is 0 Å². The number of rotatable bonds is 73. The number of carbonyl (C=O) groups excluding carboxylic acids is 1. The van der Waals surface area contributed by atoms with Crippen molar-refractivity contribution in [3.05, 3.63) is 12.2 Å². The number of unbranched alkanes of at least 4 members (excludes halogenated alkanes) is 60. The van der Waals surface area contributed by atoms with Crippen molar-refractivity contribution in [1.82, 2.24) is 5.32 Å². The van der Waals surface area contributed by atoms with Gasteiger partial charge in [-0.05, 0) is 19.3 Å². The first kappa shape index (κ1) is 84.2. The summed E-state index contributed by atoms with van der Waals surface area (Å²) in [4.78, 5) is 23.4. The lowest BCUT2D eigenvalue weighted by Gasteiger charge is -2.25. The molecule has 0 spiro atoms. The van der Waals surface area contributed by atoms with Crippen LogP contribution in [0.2, 0.25) is 0 Å². The van der Waals surface area contributed by atoms with E-state index in [1.165, 1.54) is 366 Å². The van der Waals surface area contributed by atoms with Gasteiger partial charge in [-0.15, -0.1) is 0 Å². The van der Waals surface area contributed by atoms with E-state index in [4.69, 9.17) is 9.05 Å². The molecule has 1 amide bonds. The number of quaternary nitrogens is 1. The van der Waals surface area contributed by atoms with Crippen molar-refractivity contribution in [2.75, 3.05) is 40.9 Å². The molecule has 0 saturated heterocycles. The molecular weight excluding hydrogens is 1070 g/mol. The molecule has 9 heteroatoms. The fraction of sp³-hybridized carbons (Fsp3) is 0.961. The zero-order valence-corrected chi connectivity index (χ0v) is 59.3. The lowest BCUT2D eigenvalue weighted by Crippen LogP contribution is -2.45. The van der Waals surface area contributed by atoms with Crippen LogP contribution in [0.3, 0.4) is 0 Å². The summed E-state index contributed by atoms with van der Waals surface area (Å²) in [5, 5.41) is 14.0. The van der Waals surface area contributed by atoms with E-state index in [0.717, 1.165) is 32.1 Å². The van der Waals surface area contributed by atoms with Gasteiger partial charge in [0.2, 0.25) is 5.91 Å². The van der Waals surface area contributed by atoms with Crippen molar-refractivity contribution < 1.29 is 32.9 Å². The van der Waals surface area contributed by atoms with Crippen molar-refractivity contribution in [2.45, 2.75) is 431 Å². The molecule has 0 aromatic rings. The molecule has 0 heterocycles. The summed E-state index contributed by atoms with van der Waals surface area (Å²) in [6, 6.07) is -0.844. The number of nitrogens with zero attached hydrogens (tertiary/aromatic N) is 1. The molecule has 0 fully saturated rings. The van der Waals surface area contributed by atoms with E-state index in [0.29, 0.717) is 17.4 Å². The molecule has 0 saturated carbocycles. The van der Waals surface area contributed by atoms with Crippen LogP contribution >= 0.6 is 7.82 Å². The molecule has 0 radical (unpaired) electrons. The molecule has 0 aromatic heterocycles. The van der Waals surface area contributed by atoms with Gasteiger partial charge in [0.25, 0.3) is 0 Å². The molecule has 508 valence electrons. The second-order valence-corrected chi connectivity index (χ2v) is 29.6. The van der Waals surface area contributed by atoms with Crippen molar-refractivity contribution in [3.63, 3.8) is 0 Å². The van der Waals surface area contributed by atoms with Crippen LogP contribution in [0, 0.1) is 0 Å². The fourth-order valence-electron chi connectivity index (χ4n) is 12.3. The highest BCUT2D eigenvalue weighted by Gasteiger charge is 2.28. The number of phosphoric acid groups is 1. The van der Waals surface area contributed by atoms with E-state index in [-0.39, 0.29) is 19.1 Å². The Morgan fingerprint density at radius 1 is 0.388 bits per heavy atom. The number of carbonyl (C=O) groups is 1. The maximum Gasteiger partial charge on any atom is 0.472 e. The van der Waals surface area contributed by atoms with Crippen molar-refractivity contribution >= 4 is 13.7 Å². The molecule has 0 aliphatic heterocycles. The van der Waals surface area contributed by atoms with E-state index in [1.807, 2.05) is 27.2 Å². The van der Waals surface area contributed by atoms with Crippen molar-refractivity contribution in [3.8, 4) is 0 Å². The van der Waals surface area contributed by atoms with Gasteiger partial charge < -0.3 is 19.8 Å². The molecule has 3 atom stereocenters. The topological polar surface area (TPSA) is 105 Å². The first-order chi connectivity index (χ1) is 41.5. The van der Waals surface area contributed by atoms with E-state index in [2.05, 4.69) is 19.2 Å². The van der Waals surface area contributed by atoms with Gasteiger partial charge in [-0.25, -0.2) is 4.57 Å². The molecule has 0 bridgehead atoms. The van der Waals surface area contributed by atoms with Crippen LogP contribution in [-0.2, 0) is 18.4 Å². The molecule has 0 aromatic carbocycles. The third kappa shape index (κ3) is 70.6. The number of hydrogen-bond donors (Lipinski definition) is 3. The van der Waals surface area contributed by atoms with E-state index >= 15 is 0 Å². The number of aliphatic hydroxyl groups excluding tert-OH is 1. The van der Waals surface area contributed by atoms with Crippen LogP contribution in [-0.4, -0.2) is 73.4 Å². The van der Waals surface area contributed by atoms with Crippen LogP contribution in [0.1, 0.15) is 418 Å². The average molecular weight is 1220 g/mol. The summed E-state index contributed by atoms with van der Waals surface area (Å²) in [7, 11) is 1.60. The monoisotopic (exact) mass is 1220 g/mol. The van der Waals surface area contributed by atoms with Gasteiger partial charge in [0.05, 0.1) is 39.9 Å². The zero-order chi connectivity index (χ0) is 61.9. The Kier molecular flexibility index (Phi) is 67.0. The van der Waals surface area contributed by atoms with Gasteiger partial charge in [-0.3, -0.25) is 13.8 Å². The minimum absolute atomic E-state index is 0.0655. The molecule has 3 N–H and O–H groups in total. The van der Waals surface area contributed by atoms with Crippen LogP contribution in [0.5, 0.6) is 0 Å². The molecular formula is C76H154N2O6P+. The summed E-state index contributed by atoms with van der Waals surface area (Å²) < 4.78 is 23.9. The largest absolute Gasteiger partial charge is 0.472 e. The molecule has 0 rings (SSSR count). The predicted molar refractivity (Wildman–Crippen MR) is 374 cm³/mol. The molecule has 8 nitrogen and oxygen atoms in total. The second kappa shape index (κ2) is 67.6. The molecule has 3 unspecified atom stereocenters. The number of nitrogens with one attached hydrogen (secondary N) is 1. The summed E-state index contributed by atoms with van der Waals surface area (Å²) in [5.41, 5.74) is 0. The fourth-order valence-corrected chi connectivity index (χ4v) is 13.0. The maximum absolute atomic E-state index is 13.1. The first-order valence-corrected chi connectivity index (χ1v) is 40.1. The molecule has 85 heavy (non-hydrogen) atoms. The molecule has 0 aliphatic rings. The SMILES string of the molecule is CCCCCCCCCCCCCCCCCCCCCCC/C=C/C(O)C(COP(=O)(O)OCC[N+](C)(C)C)NC(=O)CCCCCCCCCCCCCCCCCCCCCCCCCCCCCCCCCCCCCCCCCC. The van der Waals surface area contributed by atoms with Gasteiger partial charge in [-0.1, -0.05) is 405 Å². The minimum Gasteiger partial charge on any atom is -0.387 e. The summed E-state index contributed by atoms with van der Waals surface area (Å²) >= 11 is 0. The number of allylic oxidation sites excluding steroid dienone is 1. The van der Waals surface area contributed by atoms with Crippen LogP contribution in [0.25, 0.3) is 0 Å². The number of likely N-dealkylation sites (N-methyl/N-ethyl adjacent to an activating group) is 1. The minimum atomic E-state index is -4.35. The van der Waals surface area contributed by atoms with Gasteiger partial charge in [-0.2, -0.15) is 0 Å². The Balaban J connectivity index is 3.88. The summed E-state index contributed by atoms with van der Waals surface area (Å²) in [6.45, 7) is 4.89. The Morgan fingerprint density at radius 2 is 0.624 bits per heavy atom. The lowest BCUT2D eigenvalue weighted by molar-refractivity contribution is -0.870. The third-order valence-electron chi connectivity index (χ3n) is 18.3. The number of amides is 1. The third-order valence-corrected chi connectivity index (χ3v) is 19.2. The van der Waals surface area contributed by atoms with Gasteiger partial charge in [0.1, 0.15) is 13.2 Å². The van der Waals surface area contributed by atoms with E-state index in [9.17, 15) is 19.4 Å². The summed E-state index contributed by atoms with van der Waals surface area (Å²) in [6.07, 6.45) is 88.3. The van der Waals surface area contributed by atoms with Gasteiger partial charge in [0, 0.05) is 6.42 Å². The van der Waals surface area contributed by atoms with E-state index < -0.39 is 20.0 Å². The van der Waals surface area contributed by atoms with Crippen LogP contribution in [0.15, 0.2) is 12.2 Å². The molecule has 0 aliphatic carbocycles. The number of phosphoric ester groups is 1. The number of hydrogen-bond acceptors (Lipinski definition) is 5. The Morgan fingerprint density at radius 3 is 0.871 bits per heavy atom. The maximum atomic E-state index is 13.1. The Bertz CT molecular complexity index is 1390. The van der Waals surface area contributed by atoms with Crippen molar-refractivity contribution in [1.29, 1.82) is 0 Å². The highest BCUT2D eigenvalue weighted by molar-refractivity contribution is 7.47. The van der Waals surface area contributed by atoms with Crippen molar-refractivity contribution in [2.24, 2.45) is 0 Å². The predicted octanol–water partition coefficient (Wildman–Crippen LogP) is 24.8. The van der Waals surface area contributed by atoms with E-state index in [1.54, 1.807) is 6.08 Å². The average Bonchev–Trinajstić information content (AvgIpc) is 3.52. The Labute approximate surface area is 532 Å².